The van der Waals surface area contributed by atoms with E-state index >= 15 is 0 Å². The number of fused-ring (bicyclic) bond motifs is 1. The van der Waals surface area contributed by atoms with Gasteiger partial charge in [0.05, 0.1) is 10.4 Å². The molecule has 0 N–H and O–H groups in total. The molecule has 0 unspecified atom stereocenters. The van der Waals surface area contributed by atoms with Crippen molar-refractivity contribution >= 4 is 44.7 Å². The van der Waals surface area contributed by atoms with Crippen LogP contribution in [0, 0.1) is 5.82 Å². The largest absolute Gasteiger partial charge is 0.360 e. The first-order valence-electron chi connectivity index (χ1n) is 8.82. The lowest BCUT2D eigenvalue weighted by Crippen LogP contribution is -2.22. The zero-order chi connectivity index (χ0) is 20.5. The van der Waals surface area contributed by atoms with Gasteiger partial charge in [0.15, 0.2) is 5.03 Å². The van der Waals surface area contributed by atoms with Gasteiger partial charge in [-0.25, -0.2) is 17.5 Å². The quantitative estimate of drug-likeness (QED) is 0.266. The number of aromatic nitrogens is 2. The maximum atomic E-state index is 13.2. The Labute approximate surface area is 173 Å². The molecule has 5 nitrogen and oxygen atoms in total. The molecule has 0 saturated heterocycles. The molecular formula is C19H22BrFN2O3SSi. The minimum absolute atomic E-state index is 0.00280. The fourth-order valence-electron chi connectivity index (χ4n) is 2.67. The van der Waals surface area contributed by atoms with Crippen LogP contribution in [0.1, 0.15) is 0 Å². The molecule has 0 aliphatic carbocycles. The van der Waals surface area contributed by atoms with E-state index in [0.29, 0.717) is 17.5 Å². The first-order chi connectivity index (χ1) is 13.1. The fraction of sp³-hybridized carbons (Fsp3) is 0.316. The van der Waals surface area contributed by atoms with Gasteiger partial charge in [-0.3, -0.25) is 0 Å². The Morgan fingerprint density at radius 1 is 1.14 bits per heavy atom. The van der Waals surface area contributed by atoms with Gasteiger partial charge in [0.25, 0.3) is 0 Å². The second-order valence-electron chi connectivity index (χ2n) is 7.77. The van der Waals surface area contributed by atoms with Crippen LogP contribution in [-0.4, -0.2) is 32.9 Å². The van der Waals surface area contributed by atoms with Crippen molar-refractivity contribution in [1.29, 1.82) is 0 Å². The summed E-state index contributed by atoms with van der Waals surface area (Å²) in [5, 5.41) is 4.78. The molecule has 0 aliphatic rings. The third-order valence-corrected chi connectivity index (χ3v) is 8.17. The lowest BCUT2D eigenvalue weighted by Gasteiger charge is -2.15. The highest BCUT2D eigenvalue weighted by atomic mass is 79.9. The highest BCUT2D eigenvalue weighted by Gasteiger charge is 2.25. The number of hydrogen-bond donors (Lipinski definition) is 0. The van der Waals surface area contributed by atoms with E-state index in [4.69, 9.17) is 4.74 Å². The van der Waals surface area contributed by atoms with E-state index in [9.17, 15) is 12.8 Å². The molecule has 3 aromatic rings. The number of sulfone groups is 1. The molecule has 28 heavy (non-hydrogen) atoms. The van der Waals surface area contributed by atoms with Crippen molar-refractivity contribution in [2.75, 3.05) is 6.61 Å². The van der Waals surface area contributed by atoms with Crippen molar-refractivity contribution in [3.63, 3.8) is 0 Å². The Kier molecular flexibility index (Phi) is 6.09. The van der Waals surface area contributed by atoms with E-state index in [1.165, 1.54) is 12.1 Å². The van der Waals surface area contributed by atoms with Crippen molar-refractivity contribution in [2.24, 2.45) is 0 Å². The molecule has 0 bridgehead atoms. The van der Waals surface area contributed by atoms with Gasteiger partial charge in [-0.15, -0.1) is 0 Å². The predicted octanol–water partition coefficient (Wildman–Crippen LogP) is 5.08. The Morgan fingerprint density at radius 2 is 1.82 bits per heavy atom. The van der Waals surface area contributed by atoms with Gasteiger partial charge >= 0.3 is 0 Å². The van der Waals surface area contributed by atoms with Crippen molar-refractivity contribution in [1.82, 2.24) is 9.78 Å². The fourth-order valence-corrected chi connectivity index (χ4v) is 5.16. The summed E-state index contributed by atoms with van der Waals surface area (Å²) >= 11 is 3.42. The summed E-state index contributed by atoms with van der Waals surface area (Å²) in [6, 6.07) is 11.1. The van der Waals surface area contributed by atoms with Crippen LogP contribution in [0.5, 0.6) is 0 Å². The first kappa shape index (κ1) is 21.2. The van der Waals surface area contributed by atoms with Gasteiger partial charge in [0.2, 0.25) is 9.84 Å². The molecule has 0 radical (unpaired) electrons. The van der Waals surface area contributed by atoms with Crippen molar-refractivity contribution in [2.45, 2.75) is 42.3 Å². The SMILES string of the molecule is C[Si](C)(C)CCOCn1nc(S(=O)(=O)c2ccc(F)cc2)c2ccc(Br)cc21. The van der Waals surface area contributed by atoms with Gasteiger partial charge in [0.1, 0.15) is 12.5 Å². The monoisotopic (exact) mass is 484 g/mol. The number of ether oxygens (including phenoxy) is 1. The topological polar surface area (TPSA) is 61.2 Å². The molecule has 0 atom stereocenters. The van der Waals surface area contributed by atoms with Gasteiger partial charge < -0.3 is 4.74 Å². The van der Waals surface area contributed by atoms with Crippen LogP contribution in [0.4, 0.5) is 4.39 Å². The van der Waals surface area contributed by atoms with E-state index in [1.807, 2.05) is 6.07 Å². The van der Waals surface area contributed by atoms with E-state index < -0.39 is 23.7 Å². The third kappa shape index (κ3) is 4.70. The maximum absolute atomic E-state index is 13.2. The van der Waals surface area contributed by atoms with Gasteiger partial charge in [-0.1, -0.05) is 35.6 Å². The average Bonchev–Trinajstić information content (AvgIpc) is 2.97. The zero-order valence-corrected chi connectivity index (χ0v) is 19.3. The second kappa shape index (κ2) is 8.06. The minimum atomic E-state index is -3.89. The van der Waals surface area contributed by atoms with Crippen LogP contribution in [0.15, 0.2) is 56.9 Å². The molecule has 9 heteroatoms. The Morgan fingerprint density at radius 3 is 2.46 bits per heavy atom. The third-order valence-electron chi connectivity index (χ3n) is 4.27. The van der Waals surface area contributed by atoms with E-state index in [1.54, 1.807) is 16.8 Å². The van der Waals surface area contributed by atoms with Crippen LogP contribution in [0.3, 0.4) is 0 Å². The highest BCUT2D eigenvalue weighted by Crippen LogP contribution is 2.30. The maximum Gasteiger partial charge on any atom is 0.226 e. The van der Waals surface area contributed by atoms with E-state index in [2.05, 4.69) is 40.7 Å². The smallest absolute Gasteiger partial charge is 0.226 e. The van der Waals surface area contributed by atoms with Crippen LogP contribution < -0.4 is 0 Å². The molecule has 0 amide bonds. The molecule has 3 rings (SSSR count). The zero-order valence-electron chi connectivity index (χ0n) is 15.9. The summed E-state index contributed by atoms with van der Waals surface area (Å²) < 4.78 is 47.5. The van der Waals surface area contributed by atoms with Gasteiger partial charge in [-0.05, 0) is 48.5 Å². The number of hydrogen-bond acceptors (Lipinski definition) is 4. The Bertz CT molecular complexity index is 1090. The van der Waals surface area contributed by atoms with E-state index in [-0.39, 0.29) is 16.7 Å². The van der Waals surface area contributed by atoms with Gasteiger partial charge in [-0.2, -0.15) is 5.10 Å². The van der Waals surface area contributed by atoms with Crippen LogP contribution in [-0.2, 0) is 21.3 Å². The summed E-state index contributed by atoms with van der Waals surface area (Å²) in [6.07, 6.45) is 0. The summed E-state index contributed by atoms with van der Waals surface area (Å²) in [6.45, 7) is 7.57. The summed E-state index contributed by atoms with van der Waals surface area (Å²) in [5.74, 6) is -0.492. The summed E-state index contributed by atoms with van der Waals surface area (Å²) in [7, 11) is -5.11. The molecule has 2 aromatic carbocycles. The molecule has 0 aliphatic heterocycles. The standard InChI is InChI=1S/C19H22BrFN2O3SSi/c1-28(2,3)11-10-26-13-23-18-12-14(20)4-9-17(18)19(22-23)27(24,25)16-7-5-15(21)6-8-16/h4-9,12H,10-11,13H2,1-3H3. The van der Waals surface area contributed by atoms with E-state index in [0.717, 1.165) is 22.6 Å². The molecule has 0 spiro atoms. The Hall–Kier alpha value is -1.55. The number of nitrogens with zero attached hydrogens (tertiary/aromatic N) is 2. The predicted molar refractivity (Wildman–Crippen MR) is 113 cm³/mol. The summed E-state index contributed by atoms with van der Waals surface area (Å²) in [4.78, 5) is 0.00280. The first-order valence-corrected chi connectivity index (χ1v) is 14.8. The molecular weight excluding hydrogens is 463 g/mol. The second-order valence-corrected chi connectivity index (χ2v) is 16.2. The number of halogens is 2. The number of rotatable bonds is 7. The van der Waals surface area contributed by atoms with Crippen molar-refractivity contribution < 1.29 is 17.5 Å². The molecule has 1 heterocycles. The molecule has 0 fully saturated rings. The van der Waals surface area contributed by atoms with Crippen LogP contribution in [0.25, 0.3) is 10.9 Å². The lowest BCUT2D eigenvalue weighted by molar-refractivity contribution is 0.0808. The van der Waals surface area contributed by atoms with Gasteiger partial charge in [0, 0.05) is 24.5 Å². The number of benzene rings is 2. The average molecular weight is 485 g/mol. The summed E-state index contributed by atoms with van der Waals surface area (Å²) in [5.41, 5.74) is 0.656. The van der Waals surface area contributed by atoms with Crippen LogP contribution in [0.2, 0.25) is 25.7 Å². The molecule has 0 saturated carbocycles. The molecule has 1 aromatic heterocycles. The molecule has 150 valence electrons. The van der Waals surface area contributed by atoms with Crippen LogP contribution >= 0.6 is 15.9 Å². The highest BCUT2D eigenvalue weighted by molar-refractivity contribution is 9.10. The Balaban J connectivity index is 1.98. The normalized spacial score (nSPS) is 12.6. The lowest BCUT2D eigenvalue weighted by atomic mass is 10.2. The van der Waals surface area contributed by atoms with Crippen molar-refractivity contribution in [3.05, 3.63) is 52.8 Å². The minimum Gasteiger partial charge on any atom is -0.360 e. The van der Waals surface area contributed by atoms with Crippen molar-refractivity contribution in [3.8, 4) is 0 Å².